The number of hydrogen-bond donors (Lipinski definition) is 6. The molecule has 0 saturated carbocycles. The molecule has 0 aromatic rings. The Morgan fingerprint density at radius 1 is 1.18 bits per heavy atom. The molecule has 0 unspecified atom stereocenters. The Bertz CT molecular complexity index is 401. The predicted molar refractivity (Wildman–Crippen MR) is 88.4 cm³/mol. The third kappa shape index (κ3) is 12.1. The summed E-state index contributed by atoms with van der Waals surface area (Å²) in [5.41, 5.74) is 5.23. The first-order valence-electron chi connectivity index (χ1n) is 5.66. The normalized spacial score (nSPS) is 11.9. The molecule has 0 bridgehead atoms. The number of carbonyl (C=O) groups is 4. The Morgan fingerprint density at radius 3 is 2.14 bits per heavy atom. The molecule has 6 N–H and O–H groups in total. The van der Waals surface area contributed by atoms with Crippen molar-refractivity contribution in [3.8, 4) is 0 Å². The van der Waals surface area contributed by atoms with E-state index in [4.69, 9.17) is 15.9 Å². The molecule has 0 aromatic heterocycles. The Kier molecular flexibility index (Phi) is 16.9. The first-order valence-corrected chi connectivity index (χ1v) is 6.29. The predicted octanol–water partition coefficient (Wildman–Crippen LogP) is -4.04. The van der Waals surface area contributed by atoms with Gasteiger partial charge in [-0.3, -0.25) is 19.2 Å². The van der Waals surface area contributed by atoms with Gasteiger partial charge in [-0.15, -0.1) is 0 Å². The first kappa shape index (κ1) is 26.4. The zero-order chi connectivity index (χ0) is 15.7. The molecule has 0 radical (unpaired) electrons. The molecule has 0 aromatic carbocycles. The number of rotatable bonds is 9. The van der Waals surface area contributed by atoms with Crippen molar-refractivity contribution >= 4 is 76.5 Å². The van der Waals surface area contributed by atoms with Gasteiger partial charge in [0.05, 0.1) is 0 Å². The van der Waals surface area contributed by atoms with Crippen LogP contribution in [0.4, 0.5) is 0 Å². The zero-order valence-electron chi connectivity index (χ0n) is 11.0. The van der Waals surface area contributed by atoms with E-state index in [1.54, 1.807) is 0 Å². The number of aliphatic carboxylic acids is 2. The summed E-state index contributed by atoms with van der Waals surface area (Å²) in [6.45, 7) is -0.567. The van der Waals surface area contributed by atoms with Gasteiger partial charge in [0, 0.05) is 12.2 Å². The summed E-state index contributed by atoms with van der Waals surface area (Å²) in [5.74, 6) is -3.70. The van der Waals surface area contributed by atoms with Crippen LogP contribution in [-0.2, 0) is 19.2 Å². The number of carbonyl (C=O) groups excluding carboxylic acids is 2. The molecule has 0 heterocycles. The van der Waals surface area contributed by atoms with Crippen LogP contribution in [-0.4, -0.2) is 98.5 Å². The van der Waals surface area contributed by atoms with E-state index in [1.807, 2.05) is 0 Å². The first-order chi connectivity index (χ1) is 9.27. The van der Waals surface area contributed by atoms with E-state index in [9.17, 15) is 19.2 Å². The van der Waals surface area contributed by atoms with Crippen LogP contribution in [0, 0.1) is 0 Å². The minimum absolute atomic E-state index is 0. The number of thiol groups is 1. The van der Waals surface area contributed by atoms with E-state index in [1.165, 1.54) is 0 Å². The summed E-state index contributed by atoms with van der Waals surface area (Å²) >= 11 is 3.87. The van der Waals surface area contributed by atoms with Crippen LogP contribution < -0.4 is 16.4 Å². The minimum atomic E-state index is -1.22. The summed E-state index contributed by atoms with van der Waals surface area (Å²) in [4.78, 5) is 43.7. The molecule has 2 amide bonds. The van der Waals surface area contributed by atoms with Crippen LogP contribution in [0.2, 0.25) is 0 Å². The second kappa shape index (κ2) is 14.1. The van der Waals surface area contributed by atoms with Crippen molar-refractivity contribution in [3.63, 3.8) is 0 Å². The average molecular weight is 415 g/mol. The average Bonchev–Trinajstić information content (AvgIpc) is 2.38. The van der Waals surface area contributed by atoms with Gasteiger partial charge in [0.1, 0.15) is 18.6 Å². The number of hydrogen-bond acceptors (Lipinski definition) is 6. The molecule has 126 valence electrons. The van der Waals surface area contributed by atoms with E-state index in [-0.39, 0.29) is 58.7 Å². The molecule has 0 fully saturated rings. The second-order valence-electron chi connectivity index (χ2n) is 3.90. The van der Waals surface area contributed by atoms with Crippen molar-refractivity contribution < 1.29 is 29.4 Å². The molecule has 9 nitrogen and oxygen atoms in total. The van der Waals surface area contributed by atoms with Gasteiger partial charge in [-0.05, 0) is 6.42 Å². The van der Waals surface area contributed by atoms with Gasteiger partial charge in [0.25, 0.3) is 0 Å². The van der Waals surface area contributed by atoms with Crippen molar-refractivity contribution in [3.05, 3.63) is 0 Å². The SMILES string of the molecule is N[C@@H](CCC(=O)N[C@@H](CS)C(=O)NCC(=O)O)C(=O)O.[MgH2].[SeH2]. The molecule has 0 rings (SSSR count). The number of carboxylic acid groups (broad SMARTS) is 2. The van der Waals surface area contributed by atoms with Gasteiger partial charge in [-0.2, -0.15) is 12.6 Å². The second-order valence-corrected chi connectivity index (χ2v) is 4.26. The number of nitrogens with two attached hydrogens (primary N) is 1. The molecule has 0 aliphatic rings. The van der Waals surface area contributed by atoms with Crippen molar-refractivity contribution in [1.82, 2.24) is 10.6 Å². The monoisotopic (exact) mass is 415 g/mol. The van der Waals surface area contributed by atoms with Gasteiger partial charge in [0.2, 0.25) is 11.8 Å². The van der Waals surface area contributed by atoms with E-state index in [2.05, 4.69) is 23.3 Å². The number of carboxylic acids is 2. The molecule has 0 spiro atoms. The van der Waals surface area contributed by atoms with E-state index in [0.29, 0.717) is 0 Å². The van der Waals surface area contributed by atoms with Crippen LogP contribution >= 0.6 is 12.6 Å². The molecular weight excluding hydrogens is 393 g/mol. The molecule has 0 aliphatic heterocycles. The standard InChI is InChI=1S/C10H17N3O6S.Mg.H2Se.2H/c11-5(10(18)19)1-2-7(14)13-6(4-20)9(17)12-3-8(15)16;;;;/h5-6,20H,1-4,11H2,(H,12,17)(H,13,14)(H,15,16)(H,18,19);;1H2;;/t5-,6-;;;;/m0..../s1. The maximum atomic E-state index is 11.5. The summed E-state index contributed by atoms with van der Waals surface area (Å²) in [6, 6.07) is -2.15. The number of nitrogens with one attached hydrogen (secondary N) is 2. The van der Waals surface area contributed by atoms with Crippen molar-refractivity contribution in [2.75, 3.05) is 12.3 Å². The Labute approximate surface area is 159 Å². The van der Waals surface area contributed by atoms with Gasteiger partial charge in [-0.25, -0.2) is 0 Å². The molecular formula is C10H21MgN3O6SSe. The summed E-state index contributed by atoms with van der Waals surface area (Å²) in [7, 11) is 0. The quantitative estimate of drug-likeness (QED) is 0.165. The van der Waals surface area contributed by atoms with Crippen LogP contribution in [0.3, 0.4) is 0 Å². The molecule has 0 aliphatic carbocycles. The number of amides is 2. The van der Waals surface area contributed by atoms with Crippen LogP contribution in [0.15, 0.2) is 0 Å². The van der Waals surface area contributed by atoms with Gasteiger partial charge in [-0.1, -0.05) is 0 Å². The maximum absolute atomic E-state index is 11.5. The van der Waals surface area contributed by atoms with E-state index >= 15 is 0 Å². The van der Waals surface area contributed by atoms with Gasteiger partial charge >= 0.3 is 52.1 Å². The fourth-order valence-electron chi connectivity index (χ4n) is 1.16. The van der Waals surface area contributed by atoms with Crippen LogP contribution in [0.25, 0.3) is 0 Å². The van der Waals surface area contributed by atoms with Crippen molar-refractivity contribution in [2.45, 2.75) is 24.9 Å². The van der Waals surface area contributed by atoms with Crippen molar-refractivity contribution in [2.24, 2.45) is 5.73 Å². The zero-order valence-corrected chi connectivity index (χ0v) is 14.0. The fraction of sp³-hybridized carbons (Fsp3) is 0.600. The fourth-order valence-corrected chi connectivity index (χ4v) is 1.41. The Hall–Kier alpha value is -0.524. The summed E-state index contributed by atoms with van der Waals surface area (Å²) in [6.07, 6.45) is -0.235. The Balaban J connectivity index is -0.00000180. The molecule has 0 saturated heterocycles. The van der Waals surface area contributed by atoms with Gasteiger partial charge in [0.15, 0.2) is 0 Å². The van der Waals surface area contributed by atoms with Gasteiger partial charge < -0.3 is 26.6 Å². The Morgan fingerprint density at radius 2 is 1.73 bits per heavy atom. The molecule has 22 heavy (non-hydrogen) atoms. The van der Waals surface area contributed by atoms with E-state index < -0.39 is 42.4 Å². The third-order valence-corrected chi connectivity index (χ3v) is 2.61. The van der Waals surface area contributed by atoms with Crippen LogP contribution in [0.5, 0.6) is 0 Å². The molecule has 2 atom stereocenters. The topological polar surface area (TPSA) is 159 Å². The summed E-state index contributed by atoms with van der Waals surface area (Å²) in [5, 5.41) is 21.4. The van der Waals surface area contributed by atoms with Crippen LogP contribution in [0.1, 0.15) is 12.8 Å². The summed E-state index contributed by atoms with van der Waals surface area (Å²) < 4.78 is 0. The van der Waals surface area contributed by atoms with Crippen molar-refractivity contribution in [1.29, 1.82) is 0 Å². The van der Waals surface area contributed by atoms with E-state index in [0.717, 1.165) is 0 Å². The third-order valence-electron chi connectivity index (χ3n) is 2.25. The molecule has 12 heteroatoms.